The first-order chi connectivity index (χ1) is 10.2. The van der Waals surface area contributed by atoms with Crippen LogP contribution in [0.3, 0.4) is 0 Å². The molecule has 3 heteroatoms. The Kier molecular flexibility index (Phi) is 7.01. The fourth-order valence-corrected chi connectivity index (χ4v) is 4.13. The summed E-state index contributed by atoms with van der Waals surface area (Å²) in [7, 11) is 1.51. The lowest BCUT2D eigenvalue weighted by atomic mass is 9.83. The molecule has 0 atom stereocenters. The van der Waals surface area contributed by atoms with Crippen LogP contribution in [0.4, 0.5) is 0 Å². The lowest BCUT2D eigenvalue weighted by Gasteiger charge is -2.40. The zero-order valence-corrected chi connectivity index (χ0v) is 14.0. The second kappa shape index (κ2) is 8.77. The van der Waals surface area contributed by atoms with Crippen LogP contribution >= 0.6 is 0 Å². The molecule has 2 aliphatic rings. The minimum absolute atomic E-state index is 0.00285. The number of carbonyl (C=O) groups is 1. The van der Waals surface area contributed by atoms with Crippen LogP contribution in [-0.4, -0.2) is 37.1 Å². The van der Waals surface area contributed by atoms with Gasteiger partial charge in [-0.3, -0.25) is 4.79 Å². The number of likely N-dealkylation sites (tertiary alicyclic amines) is 1. The molecule has 0 aromatic rings. The standard InChI is InChI=1S/C18H33NO2/c1-3-4-5-6-15-11-13-19(14-12-15)17-9-7-16(8-10-17)18(20)21-2/h15-17H,3-14H2,1-2H3. The molecule has 2 fully saturated rings. The highest BCUT2D eigenvalue weighted by Gasteiger charge is 2.31. The van der Waals surface area contributed by atoms with E-state index in [1.165, 1.54) is 71.6 Å². The van der Waals surface area contributed by atoms with E-state index in [4.69, 9.17) is 4.74 Å². The smallest absolute Gasteiger partial charge is 0.308 e. The van der Waals surface area contributed by atoms with Crippen molar-refractivity contribution in [3.05, 3.63) is 0 Å². The predicted octanol–water partition coefficient (Wildman–Crippen LogP) is 4.01. The maximum Gasteiger partial charge on any atom is 0.308 e. The number of hydrogen-bond acceptors (Lipinski definition) is 3. The summed E-state index contributed by atoms with van der Waals surface area (Å²) in [6.07, 6.45) is 12.8. The summed E-state index contributed by atoms with van der Waals surface area (Å²) in [4.78, 5) is 14.3. The summed E-state index contributed by atoms with van der Waals surface area (Å²) in [5, 5.41) is 0. The van der Waals surface area contributed by atoms with Gasteiger partial charge in [0.25, 0.3) is 0 Å². The highest BCUT2D eigenvalue weighted by Crippen LogP contribution is 2.31. The lowest BCUT2D eigenvalue weighted by molar-refractivity contribution is -0.147. The molecular weight excluding hydrogens is 262 g/mol. The molecule has 0 bridgehead atoms. The van der Waals surface area contributed by atoms with Crippen LogP contribution in [0.25, 0.3) is 0 Å². The number of carbonyl (C=O) groups excluding carboxylic acids is 1. The van der Waals surface area contributed by atoms with E-state index in [-0.39, 0.29) is 11.9 Å². The first-order valence-corrected chi connectivity index (χ1v) is 9.06. The Morgan fingerprint density at radius 2 is 1.71 bits per heavy atom. The maximum atomic E-state index is 11.6. The summed E-state index contributed by atoms with van der Waals surface area (Å²) in [5.74, 6) is 1.14. The van der Waals surface area contributed by atoms with Gasteiger partial charge in [0.15, 0.2) is 0 Å². The Hall–Kier alpha value is -0.570. The van der Waals surface area contributed by atoms with Gasteiger partial charge in [0.1, 0.15) is 0 Å². The van der Waals surface area contributed by atoms with E-state index in [0.29, 0.717) is 0 Å². The molecule has 122 valence electrons. The van der Waals surface area contributed by atoms with Crippen LogP contribution in [0.2, 0.25) is 0 Å². The van der Waals surface area contributed by atoms with Crippen molar-refractivity contribution < 1.29 is 9.53 Å². The van der Waals surface area contributed by atoms with E-state index >= 15 is 0 Å². The Labute approximate surface area is 130 Å². The average molecular weight is 295 g/mol. The Morgan fingerprint density at radius 1 is 1.05 bits per heavy atom. The molecule has 3 nitrogen and oxygen atoms in total. The highest BCUT2D eigenvalue weighted by atomic mass is 16.5. The SMILES string of the molecule is CCCCCC1CCN(C2CCC(C(=O)OC)CC2)CC1. The minimum Gasteiger partial charge on any atom is -0.469 e. The number of piperidine rings is 1. The Balaban J connectivity index is 1.66. The van der Waals surface area contributed by atoms with E-state index in [2.05, 4.69) is 11.8 Å². The lowest BCUT2D eigenvalue weighted by Crippen LogP contribution is -2.43. The number of nitrogens with zero attached hydrogens (tertiary/aromatic N) is 1. The van der Waals surface area contributed by atoms with E-state index in [1.807, 2.05) is 0 Å². The fourth-order valence-electron chi connectivity index (χ4n) is 4.13. The van der Waals surface area contributed by atoms with Crippen molar-refractivity contribution in [2.24, 2.45) is 11.8 Å². The highest BCUT2D eigenvalue weighted by molar-refractivity contribution is 5.72. The third kappa shape index (κ3) is 4.98. The molecule has 0 spiro atoms. The monoisotopic (exact) mass is 295 g/mol. The summed E-state index contributed by atoms with van der Waals surface area (Å²) < 4.78 is 4.88. The molecule has 0 amide bonds. The van der Waals surface area contributed by atoms with Crippen molar-refractivity contribution in [3.63, 3.8) is 0 Å². The topological polar surface area (TPSA) is 29.5 Å². The second-order valence-electron chi connectivity index (χ2n) is 7.00. The Bertz CT molecular complexity index is 302. The van der Waals surface area contributed by atoms with Crippen LogP contribution in [0.1, 0.15) is 71.1 Å². The summed E-state index contributed by atoms with van der Waals surface area (Å²) in [6, 6.07) is 0.725. The molecule has 21 heavy (non-hydrogen) atoms. The number of methoxy groups -OCH3 is 1. The van der Waals surface area contributed by atoms with E-state index in [9.17, 15) is 4.79 Å². The second-order valence-corrected chi connectivity index (χ2v) is 7.00. The van der Waals surface area contributed by atoms with Crippen molar-refractivity contribution in [2.45, 2.75) is 77.2 Å². The van der Waals surface area contributed by atoms with E-state index in [0.717, 1.165) is 24.8 Å². The first kappa shape index (κ1) is 16.8. The number of esters is 1. The number of unbranched alkanes of at least 4 members (excludes halogenated alkanes) is 2. The quantitative estimate of drug-likeness (QED) is 0.548. The van der Waals surface area contributed by atoms with Crippen molar-refractivity contribution in [3.8, 4) is 0 Å². The van der Waals surface area contributed by atoms with Gasteiger partial charge in [0, 0.05) is 6.04 Å². The molecule has 1 heterocycles. The van der Waals surface area contributed by atoms with Crippen LogP contribution in [-0.2, 0) is 9.53 Å². The third-order valence-electron chi connectivity index (χ3n) is 5.61. The van der Waals surface area contributed by atoms with Crippen LogP contribution < -0.4 is 0 Å². The van der Waals surface area contributed by atoms with E-state index in [1.54, 1.807) is 0 Å². The molecule has 0 aromatic carbocycles. The molecule has 0 aromatic heterocycles. The molecular formula is C18H33NO2. The van der Waals surface area contributed by atoms with Crippen molar-refractivity contribution in [1.29, 1.82) is 0 Å². The molecule has 1 aliphatic heterocycles. The van der Waals surface area contributed by atoms with Crippen LogP contribution in [0, 0.1) is 11.8 Å². The molecule has 1 aliphatic carbocycles. The molecule has 2 rings (SSSR count). The number of ether oxygens (including phenoxy) is 1. The summed E-state index contributed by atoms with van der Waals surface area (Å²) in [5.41, 5.74) is 0. The summed E-state index contributed by atoms with van der Waals surface area (Å²) in [6.45, 7) is 4.85. The molecule has 1 saturated heterocycles. The van der Waals surface area contributed by atoms with Crippen molar-refractivity contribution >= 4 is 5.97 Å². The average Bonchev–Trinajstić information content (AvgIpc) is 2.55. The Morgan fingerprint density at radius 3 is 2.29 bits per heavy atom. The van der Waals surface area contributed by atoms with Gasteiger partial charge in [0.05, 0.1) is 13.0 Å². The van der Waals surface area contributed by atoms with Crippen LogP contribution in [0.15, 0.2) is 0 Å². The van der Waals surface area contributed by atoms with Crippen molar-refractivity contribution in [2.75, 3.05) is 20.2 Å². The van der Waals surface area contributed by atoms with Gasteiger partial charge in [-0.25, -0.2) is 0 Å². The predicted molar refractivity (Wildman–Crippen MR) is 86.2 cm³/mol. The van der Waals surface area contributed by atoms with Gasteiger partial charge < -0.3 is 9.64 Å². The van der Waals surface area contributed by atoms with Gasteiger partial charge in [-0.15, -0.1) is 0 Å². The van der Waals surface area contributed by atoms with Gasteiger partial charge >= 0.3 is 5.97 Å². The zero-order chi connectivity index (χ0) is 15.1. The fraction of sp³-hybridized carbons (Fsp3) is 0.944. The number of rotatable bonds is 6. The molecule has 1 saturated carbocycles. The van der Waals surface area contributed by atoms with Crippen LogP contribution in [0.5, 0.6) is 0 Å². The van der Waals surface area contributed by atoms with Crippen molar-refractivity contribution in [1.82, 2.24) is 4.90 Å². The van der Waals surface area contributed by atoms with Gasteiger partial charge in [-0.1, -0.05) is 32.6 Å². The van der Waals surface area contributed by atoms with Gasteiger partial charge in [0.2, 0.25) is 0 Å². The molecule has 0 N–H and O–H groups in total. The molecule has 0 unspecified atom stereocenters. The van der Waals surface area contributed by atoms with E-state index < -0.39 is 0 Å². The maximum absolute atomic E-state index is 11.6. The third-order valence-corrected chi connectivity index (χ3v) is 5.61. The normalized spacial score (nSPS) is 28.5. The zero-order valence-electron chi connectivity index (χ0n) is 14.0. The molecule has 0 radical (unpaired) electrons. The number of hydrogen-bond donors (Lipinski definition) is 0. The van der Waals surface area contributed by atoms with Gasteiger partial charge in [-0.05, 0) is 57.5 Å². The largest absolute Gasteiger partial charge is 0.469 e. The van der Waals surface area contributed by atoms with Gasteiger partial charge in [-0.2, -0.15) is 0 Å². The minimum atomic E-state index is 0.00285. The summed E-state index contributed by atoms with van der Waals surface area (Å²) >= 11 is 0. The first-order valence-electron chi connectivity index (χ1n) is 9.06.